The second-order valence-corrected chi connectivity index (χ2v) is 9.18. The lowest BCUT2D eigenvalue weighted by molar-refractivity contribution is -0.873. The molecule has 0 saturated carbocycles. The molecule has 0 aliphatic rings. The Labute approximate surface area is 173 Å². The Morgan fingerprint density at radius 2 is 1.21 bits per heavy atom. The molecule has 0 heterocycles. The first kappa shape index (κ1) is 26.9. The second-order valence-electron chi connectivity index (χ2n) is 9.18. The summed E-state index contributed by atoms with van der Waals surface area (Å²) < 4.78 is 5.98. The van der Waals surface area contributed by atoms with Crippen molar-refractivity contribution in [3.05, 3.63) is 0 Å². The fraction of sp³-hybridized carbons (Fsp3) is 0.913. The number of hydrogen-bond acceptors (Lipinski definition) is 3. The van der Waals surface area contributed by atoms with Gasteiger partial charge in [-0.05, 0) is 6.42 Å². The average molecular weight is 405 g/mol. The van der Waals surface area contributed by atoms with E-state index >= 15 is 0 Å². The van der Waals surface area contributed by atoms with E-state index in [1.807, 2.05) is 21.1 Å². The van der Waals surface area contributed by atoms with Crippen LogP contribution in [0.3, 0.4) is 0 Å². The highest BCUT2D eigenvalue weighted by atomic mass is 16.6. The molecular weight excluding hydrogens is 358 g/mol. The molecule has 5 heteroatoms. The Balaban J connectivity index is 3.63. The van der Waals surface area contributed by atoms with Crippen LogP contribution < -0.4 is 0 Å². The Bertz CT molecular complexity index is 404. The van der Waals surface area contributed by atoms with Crippen LogP contribution >= 0.6 is 0 Å². The van der Waals surface area contributed by atoms with Crippen molar-refractivity contribution in [2.45, 2.75) is 109 Å². The topological polar surface area (TPSA) is 63.6 Å². The number of aliphatic carboxylic acids is 1. The van der Waals surface area contributed by atoms with Gasteiger partial charge in [-0.15, -0.1) is 0 Å². The van der Waals surface area contributed by atoms with Gasteiger partial charge in [-0.1, -0.05) is 84.0 Å². The summed E-state index contributed by atoms with van der Waals surface area (Å²) in [6, 6.07) is 0. The summed E-state index contributed by atoms with van der Waals surface area (Å²) in [5, 5.41) is 8.99. The second kappa shape index (κ2) is 16.8. The maximum atomic E-state index is 12.0. The van der Waals surface area contributed by atoms with E-state index in [4.69, 9.17) is 9.84 Å². The van der Waals surface area contributed by atoms with Gasteiger partial charge in [0.1, 0.15) is 6.54 Å². The van der Waals surface area contributed by atoms with Gasteiger partial charge in [0, 0.05) is 6.42 Å². The van der Waals surface area contributed by atoms with Crippen LogP contribution in [-0.2, 0) is 14.3 Å². The smallest absolute Gasteiger partial charge is 0.307 e. The van der Waals surface area contributed by atoms with Crippen molar-refractivity contribution < 1.29 is 23.9 Å². The number of likely N-dealkylation sites (N-methyl/N-ethyl adjacent to an activating group) is 1. The van der Waals surface area contributed by atoms with Gasteiger partial charge in [0.05, 0.1) is 27.6 Å². The zero-order valence-electron chi connectivity index (χ0n) is 19.0. The van der Waals surface area contributed by atoms with Crippen molar-refractivity contribution in [3.8, 4) is 0 Å². The maximum absolute atomic E-state index is 12.0. The lowest BCUT2D eigenvalue weighted by Gasteiger charge is -2.28. The number of carbonyl (C=O) groups is 2. The number of carbonyl (C=O) groups excluding carboxylic acids is 1. The molecule has 0 aromatic rings. The van der Waals surface area contributed by atoms with Crippen LogP contribution in [0.15, 0.2) is 0 Å². The predicted molar refractivity (Wildman–Crippen MR) is 115 cm³/mol. The van der Waals surface area contributed by atoms with E-state index in [1.54, 1.807) is 0 Å². The fourth-order valence-electron chi connectivity index (χ4n) is 3.48. The Morgan fingerprint density at radius 3 is 1.61 bits per heavy atom. The van der Waals surface area contributed by atoms with E-state index in [0.717, 1.165) is 12.8 Å². The van der Waals surface area contributed by atoms with Gasteiger partial charge < -0.3 is 14.3 Å². The van der Waals surface area contributed by atoms with Crippen LogP contribution in [-0.4, -0.2) is 55.3 Å². The number of nitrogens with zero attached hydrogens (tertiary/aromatic N) is 1. The fourth-order valence-corrected chi connectivity index (χ4v) is 3.48. The van der Waals surface area contributed by atoms with Crippen molar-refractivity contribution in [1.82, 2.24) is 0 Å². The third-order valence-electron chi connectivity index (χ3n) is 4.94. The van der Waals surface area contributed by atoms with Crippen molar-refractivity contribution in [1.29, 1.82) is 0 Å². The molecule has 0 rings (SSSR count). The summed E-state index contributed by atoms with van der Waals surface area (Å²) >= 11 is 0. The summed E-state index contributed by atoms with van der Waals surface area (Å²) in [6.45, 7) is 2.77. The number of quaternary nitrogens is 1. The molecule has 0 spiro atoms. The molecule has 0 radical (unpaired) electrons. The number of unbranched alkanes of at least 4 members (excludes halogenated alkanes) is 12. The molecule has 0 aromatic heterocycles. The van der Waals surface area contributed by atoms with Crippen LogP contribution in [0.2, 0.25) is 0 Å². The number of esters is 1. The SMILES string of the molecule is CCCCCCCCCCCC[13CH2][13CH2][13CH2][13C](=O)O[C@H](CC(=O)O)C[N+](C)(C)C. The largest absolute Gasteiger partial charge is 0.481 e. The van der Waals surface area contributed by atoms with E-state index < -0.39 is 12.1 Å². The third kappa shape index (κ3) is 19.7. The number of carboxylic acid groups (broad SMARTS) is 1. The number of rotatable bonds is 19. The van der Waals surface area contributed by atoms with Gasteiger partial charge >= 0.3 is 11.9 Å². The molecule has 0 bridgehead atoms. The normalized spacial score (nSPS) is 12.7. The van der Waals surface area contributed by atoms with Crippen LogP contribution in [0.4, 0.5) is 0 Å². The van der Waals surface area contributed by atoms with E-state index in [-0.39, 0.29) is 12.4 Å². The summed E-state index contributed by atoms with van der Waals surface area (Å²) in [6.07, 6.45) is 16.2. The van der Waals surface area contributed by atoms with Crippen molar-refractivity contribution >= 4 is 11.9 Å². The van der Waals surface area contributed by atoms with Crippen molar-refractivity contribution in [2.75, 3.05) is 27.7 Å². The molecule has 0 aliphatic carbocycles. The lowest BCUT2D eigenvalue weighted by atomic mass is 10.1. The van der Waals surface area contributed by atoms with Crippen LogP contribution in [0, 0.1) is 0 Å². The highest BCUT2D eigenvalue weighted by molar-refractivity contribution is 5.71. The molecule has 0 unspecified atom stereocenters. The minimum Gasteiger partial charge on any atom is -0.481 e. The highest BCUT2D eigenvalue weighted by Crippen LogP contribution is 2.14. The van der Waals surface area contributed by atoms with Gasteiger partial charge in [-0.25, -0.2) is 0 Å². The van der Waals surface area contributed by atoms with Gasteiger partial charge in [-0.2, -0.15) is 0 Å². The number of hydrogen-bond donors (Lipinski definition) is 1. The third-order valence-corrected chi connectivity index (χ3v) is 4.94. The van der Waals surface area contributed by atoms with E-state index in [0.29, 0.717) is 17.4 Å². The quantitative estimate of drug-likeness (QED) is 0.132. The number of carboxylic acids is 1. The predicted octanol–water partition coefficient (Wildman–Crippen LogP) is 5.56. The van der Waals surface area contributed by atoms with Gasteiger partial charge in [0.25, 0.3) is 0 Å². The first-order valence-electron chi connectivity index (χ1n) is 11.5. The number of ether oxygens (including phenoxy) is 1. The summed E-state index contributed by atoms with van der Waals surface area (Å²) in [5.41, 5.74) is 0. The van der Waals surface area contributed by atoms with E-state index in [1.165, 1.54) is 70.6 Å². The van der Waals surface area contributed by atoms with Crippen LogP contribution in [0.5, 0.6) is 0 Å². The van der Waals surface area contributed by atoms with E-state index in [9.17, 15) is 9.59 Å². The van der Waals surface area contributed by atoms with Crippen molar-refractivity contribution in [2.24, 2.45) is 0 Å². The lowest BCUT2D eigenvalue weighted by Crippen LogP contribution is -2.43. The Morgan fingerprint density at radius 1 is 0.786 bits per heavy atom. The summed E-state index contributed by atoms with van der Waals surface area (Å²) in [5.74, 6) is -1.19. The molecule has 0 saturated heterocycles. The summed E-state index contributed by atoms with van der Waals surface area (Å²) in [7, 11) is 5.90. The van der Waals surface area contributed by atoms with Gasteiger partial charge in [-0.3, -0.25) is 9.59 Å². The van der Waals surface area contributed by atoms with E-state index in [2.05, 4.69) is 6.92 Å². The zero-order valence-corrected chi connectivity index (χ0v) is 19.0. The first-order valence-corrected chi connectivity index (χ1v) is 11.5. The Kier molecular flexibility index (Phi) is 16.2. The van der Waals surface area contributed by atoms with Crippen LogP contribution in [0.1, 0.15) is 103 Å². The molecule has 5 nitrogen and oxygen atoms in total. The van der Waals surface area contributed by atoms with Crippen LogP contribution in [0.25, 0.3) is 0 Å². The van der Waals surface area contributed by atoms with Gasteiger partial charge in [0.2, 0.25) is 0 Å². The molecule has 28 heavy (non-hydrogen) atoms. The first-order chi connectivity index (χ1) is 13.2. The molecule has 0 aliphatic heterocycles. The maximum Gasteiger partial charge on any atom is 0.307 e. The zero-order chi connectivity index (χ0) is 21.3. The molecular formula is C23H46NO4+. The minimum absolute atomic E-state index is 0.125. The minimum atomic E-state index is -0.924. The molecule has 1 atom stereocenters. The Hall–Kier alpha value is -1.10. The highest BCUT2D eigenvalue weighted by Gasteiger charge is 2.24. The molecule has 166 valence electrons. The monoisotopic (exact) mass is 404 g/mol. The molecule has 0 fully saturated rings. The average Bonchev–Trinajstić information content (AvgIpc) is 2.56. The van der Waals surface area contributed by atoms with Crippen molar-refractivity contribution in [3.63, 3.8) is 0 Å². The summed E-state index contributed by atoms with van der Waals surface area (Å²) in [4.78, 5) is 23.0. The molecule has 0 aromatic carbocycles. The molecule has 0 amide bonds. The standard InChI is InChI=1S/C23H45NO4/c1-5-6-7-8-9-10-11-12-13-14-15-16-17-18-23(27)28-21(19-22(25)26)20-24(2,3)4/h21H,5-20H2,1-4H3/p+1/t21-/m1/s1/i16+1,17+1,18+1,23+1. The van der Waals surface area contributed by atoms with Gasteiger partial charge in [0.15, 0.2) is 6.10 Å². The molecule has 1 N–H and O–H groups in total.